The van der Waals surface area contributed by atoms with Crippen LogP contribution in [0.4, 0.5) is 0 Å². The molecule has 12 heteroatoms. The molecule has 0 radical (unpaired) electrons. The fourth-order valence-electron chi connectivity index (χ4n) is 5.81. The zero-order valence-corrected chi connectivity index (χ0v) is 29.9. The Morgan fingerprint density at radius 2 is 1.76 bits per heavy atom. The number of nitrogens with two attached hydrogens (primary N) is 1. The van der Waals surface area contributed by atoms with Gasteiger partial charge in [-0.15, -0.1) is 0 Å². The minimum Gasteiger partial charge on any atom is -0.495 e. The van der Waals surface area contributed by atoms with Crippen LogP contribution in [0, 0.1) is 17.3 Å². The predicted octanol–water partition coefficient (Wildman–Crippen LogP) is 4.37. The van der Waals surface area contributed by atoms with Gasteiger partial charge in [0.15, 0.2) is 12.4 Å². The van der Waals surface area contributed by atoms with E-state index in [9.17, 15) is 19.5 Å². The fourth-order valence-corrected chi connectivity index (χ4v) is 6.09. The summed E-state index contributed by atoms with van der Waals surface area (Å²) >= 11 is 6.33. The number of aliphatic hydroxyl groups excluding tert-OH is 1. The van der Waals surface area contributed by atoms with Gasteiger partial charge in [0.05, 0.1) is 29.8 Å². The number of halogens is 1. The Labute approximate surface area is 293 Å². The maximum absolute atomic E-state index is 13.5. The number of hydrogen-bond donors (Lipinski definition) is 4. The maximum Gasteiger partial charge on any atom is 0.313 e. The number of epoxide rings is 1. The van der Waals surface area contributed by atoms with Crippen LogP contribution in [0.25, 0.3) is 0 Å². The number of amides is 2. The highest BCUT2D eigenvalue weighted by atomic mass is 35.5. The molecule has 0 aliphatic carbocycles. The third-order valence-electron chi connectivity index (χ3n) is 8.95. The lowest BCUT2D eigenvalue weighted by atomic mass is 9.92. The van der Waals surface area contributed by atoms with Gasteiger partial charge >= 0.3 is 5.97 Å². The van der Waals surface area contributed by atoms with Crippen LogP contribution in [0.2, 0.25) is 5.02 Å². The Bertz CT molecular complexity index is 1480. The van der Waals surface area contributed by atoms with Gasteiger partial charge in [-0.2, -0.15) is 0 Å². The summed E-state index contributed by atoms with van der Waals surface area (Å²) in [6.45, 7) is 9.55. The van der Waals surface area contributed by atoms with Crippen molar-refractivity contribution in [1.29, 1.82) is 0 Å². The van der Waals surface area contributed by atoms with Crippen molar-refractivity contribution in [1.82, 2.24) is 10.6 Å². The second-order valence-electron chi connectivity index (χ2n) is 13.9. The SMILES string of the molecule is COc1ccc(C[C@H]2NC(=O)/C=C/C[C@@H]([C@H](C)[C@H]3O[C@@H]3c3ccc(CN)cc3)OC(O)[C@H](CC(C)C)OC(=O)C(C)(C)CNC2=O)cc1Cl. The van der Waals surface area contributed by atoms with Crippen LogP contribution in [0.1, 0.15) is 70.3 Å². The number of esters is 1. The third kappa shape index (κ3) is 10.5. The largest absolute Gasteiger partial charge is 0.495 e. The van der Waals surface area contributed by atoms with Crippen LogP contribution >= 0.6 is 11.6 Å². The van der Waals surface area contributed by atoms with Crippen molar-refractivity contribution in [3.05, 3.63) is 76.3 Å². The van der Waals surface area contributed by atoms with Crippen LogP contribution in [0.15, 0.2) is 54.6 Å². The van der Waals surface area contributed by atoms with Gasteiger partial charge in [-0.1, -0.05) is 68.8 Å². The molecule has 5 N–H and O–H groups in total. The quantitative estimate of drug-likeness (QED) is 0.220. The smallest absolute Gasteiger partial charge is 0.313 e. The third-order valence-corrected chi connectivity index (χ3v) is 9.25. The summed E-state index contributed by atoms with van der Waals surface area (Å²) in [6.07, 6.45) is 0.342. The van der Waals surface area contributed by atoms with Crippen LogP contribution < -0.4 is 21.1 Å². The number of benzene rings is 2. The van der Waals surface area contributed by atoms with Gasteiger partial charge in [-0.05, 0) is 67.5 Å². The lowest BCUT2D eigenvalue weighted by Gasteiger charge is -2.33. The molecular weight excluding hydrogens is 650 g/mol. The van der Waals surface area contributed by atoms with E-state index in [1.807, 2.05) is 45.0 Å². The van der Waals surface area contributed by atoms with Gasteiger partial charge in [-0.25, -0.2) is 0 Å². The van der Waals surface area contributed by atoms with Gasteiger partial charge in [0.1, 0.15) is 17.9 Å². The van der Waals surface area contributed by atoms with Crippen molar-refractivity contribution in [2.75, 3.05) is 13.7 Å². The second-order valence-corrected chi connectivity index (χ2v) is 14.3. The lowest BCUT2D eigenvalue weighted by molar-refractivity contribution is -0.219. The maximum atomic E-state index is 13.5. The molecule has 0 saturated carbocycles. The molecule has 268 valence electrons. The number of carbonyl (C=O) groups excluding carboxylic acids is 3. The van der Waals surface area contributed by atoms with Crippen molar-refractivity contribution in [2.45, 2.75) is 97.2 Å². The fraction of sp³-hybridized carbons (Fsp3) is 0.541. The Kier molecular flexibility index (Phi) is 13.3. The molecule has 2 heterocycles. The summed E-state index contributed by atoms with van der Waals surface area (Å²) in [5, 5.41) is 17.3. The summed E-state index contributed by atoms with van der Waals surface area (Å²) in [6, 6.07) is 12.1. The number of ether oxygens (including phenoxy) is 4. The highest BCUT2D eigenvalue weighted by Crippen LogP contribution is 2.45. The van der Waals surface area contributed by atoms with Crippen LogP contribution in [-0.2, 0) is 41.6 Å². The first-order valence-electron chi connectivity index (χ1n) is 16.8. The molecule has 2 amide bonds. The summed E-state index contributed by atoms with van der Waals surface area (Å²) in [7, 11) is 1.51. The molecule has 1 saturated heterocycles. The lowest BCUT2D eigenvalue weighted by Crippen LogP contribution is -2.51. The van der Waals surface area contributed by atoms with E-state index < -0.39 is 47.7 Å². The van der Waals surface area contributed by atoms with Gasteiger partial charge in [0.25, 0.3) is 0 Å². The predicted molar refractivity (Wildman–Crippen MR) is 186 cm³/mol. The van der Waals surface area contributed by atoms with Crippen molar-refractivity contribution in [2.24, 2.45) is 23.0 Å². The molecule has 11 nitrogen and oxygen atoms in total. The molecule has 0 bridgehead atoms. The average molecular weight is 700 g/mol. The molecule has 2 aromatic rings. The summed E-state index contributed by atoms with van der Waals surface area (Å²) in [5.74, 6) is -1.23. The van der Waals surface area contributed by atoms with Crippen molar-refractivity contribution in [3.63, 3.8) is 0 Å². The van der Waals surface area contributed by atoms with E-state index in [1.165, 1.54) is 13.2 Å². The van der Waals surface area contributed by atoms with Gasteiger partial charge in [0.2, 0.25) is 11.8 Å². The first kappa shape index (κ1) is 38.3. The van der Waals surface area contributed by atoms with Crippen molar-refractivity contribution in [3.8, 4) is 5.75 Å². The minimum absolute atomic E-state index is 0.0729. The van der Waals surface area contributed by atoms with Crippen molar-refractivity contribution < 1.29 is 38.4 Å². The van der Waals surface area contributed by atoms with E-state index in [1.54, 1.807) is 38.1 Å². The molecule has 2 aliphatic rings. The molecule has 0 spiro atoms. The number of nitrogens with one attached hydrogen (secondary N) is 2. The molecule has 1 unspecified atom stereocenters. The topological polar surface area (TPSA) is 162 Å². The van der Waals surface area contributed by atoms with E-state index in [4.69, 9.17) is 36.3 Å². The Morgan fingerprint density at radius 1 is 1.06 bits per heavy atom. The van der Waals surface area contributed by atoms with E-state index >= 15 is 0 Å². The first-order valence-corrected chi connectivity index (χ1v) is 17.2. The number of carbonyl (C=O) groups is 3. The second kappa shape index (κ2) is 17.0. The molecule has 2 aliphatic heterocycles. The van der Waals surface area contributed by atoms with Crippen LogP contribution in [0.3, 0.4) is 0 Å². The zero-order valence-electron chi connectivity index (χ0n) is 29.1. The normalized spacial score (nSPS) is 27.8. The first-order chi connectivity index (χ1) is 23.2. The van der Waals surface area contributed by atoms with E-state index in [2.05, 4.69) is 10.6 Å². The molecule has 7 atom stereocenters. The van der Waals surface area contributed by atoms with E-state index in [-0.39, 0.29) is 43.4 Å². The number of hydrogen-bond acceptors (Lipinski definition) is 9. The van der Waals surface area contributed by atoms with Crippen LogP contribution in [0.5, 0.6) is 5.75 Å². The monoisotopic (exact) mass is 699 g/mol. The Morgan fingerprint density at radius 3 is 2.39 bits per heavy atom. The Hall–Kier alpha value is -3.48. The highest BCUT2D eigenvalue weighted by molar-refractivity contribution is 6.32. The summed E-state index contributed by atoms with van der Waals surface area (Å²) < 4.78 is 23.5. The molecular formula is C37H50ClN3O8. The summed E-state index contributed by atoms with van der Waals surface area (Å²) in [4.78, 5) is 40.2. The van der Waals surface area contributed by atoms with Gasteiger partial charge in [-0.3, -0.25) is 14.4 Å². The van der Waals surface area contributed by atoms with E-state index in [0.717, 1.165) is 11.1 Å². The van der Waals surface area contributed by atoms with Gasteiger partial charge < -0.3 is 40.4 Å². The standard InChI is InChI=1S/C37H50ClN3O8/c1-21(2)16-30-35(44)47-28(22(3)32-33(49-32)25-13-10-23(19-39)11-14-25)8-7-9-31(42)41-27(18-24-12-15-29(46-6)26(38)17-24)34(43)40-20-37(4,5)36(45)48-30/h7,9-15,17,21-22,27-28,30,32-33,35,44H,8,16,18-20,39H2,1-6H3,(H,40,43)(H,41,42)/b9-7+/t22-,27+,28-,30-,32+,33+,35?/m0/s1. The molecule has 0 aromatic heterocycles. The molecule has 1 fully saturated rings. The minimum atomic E-state index is -1.44. The Balaban J connectivity index is 1.60. The van der Waals surface area contributed by atoms with E-state index in [0.29, 0.717) is 29.3 Å². The molecule has 49 heavy (non-hydrogen) atoms. The van der Waals surface area contributed by atoms with Crippen LogP contribution in [-0.4, -0.2) is 67.2 Å². The zero-order chi connectivity index (χ0) is 35.9. The number of cyclic esters (lactones) is 1. The molecule has 4 rings (SSSR count). The number of rotatable bonds is 9. The highest BCUT2D eigenvalue weighted by Gasteiger charge is 2.47. The van der Waals surface area contributed by atoms with Gasteiger partial charge in [0, 0.05) is 25.4 Å². The molecule has 2 aromatic carbocycles. The average Bonchev–Trinajstić information content (AvgIpc) is 3.86. The number of methoxy groups -OCH3 is 1. The summed E-state index contributed by atoms with van der Waals surface area (Å²) in [5.41, 5.74) is 7.32. The van der Waals surface area contributed by atoms with Crippen molar-refractivity contribution >= 4 is 29.4 Å². The number of aliphatic hydroxyl groups is 1.